The number of aromatic carboxylic acids is 1. The van der Waals surface area contributed by atoms with Gasteiger partial charge in [0.1, 0.15) is 5.82 Å². The van der Waals surface area contributed by atoms with Crippen LogP contribution in [0.2, 0.25) is 0 Å². The number of nitrogens with zero attached hydrogens (tertiary/aromatic N) is 2. The number of carboxylic acids is 1. The van der Waals surface area contributed by atoms with Crippen LogP contribution in [0.1, 0.15) is 27.3 Å². The second-order valence-corrected chi connectivity index (χ2v) is 4.82. The molecule has 0 saturated heterocycles. The highest BCUT2D eigenvalue weighted by atomic mass is 16.4. The molecule has 0 radical (unpaired) electrons. The zero-order chi connectivity index (χ0) is 14.1. The third-order valence-electron chi connectivity index (χ3n) is 3.32. The maximum absolute atomic E-state index is 11.2. The number of hydrogen-bond donors (Lipinski definition) is 1. The van der Waals surface area contributed by atoms with Crippen molar-refractivity contribution in [3.63, 3.8) is 0 Å². The molecular weight excluding hydrogens is 252 g/mol. The van der Waals surface area contributed by atoms with Crippen molar-refractivity contribution in [1.29, 1.82) is 0 Å². The maximum atomic E-state index is 11.2. The van der Waals surface area contributed by atoms with E-state index in [1.165, 1.54) is 11.1 Å². The van der Waals surface area contributed by atoms with Crippen molar-refractivity contribution in [3.8, 4) is 0 Å². The van der Waals surface area contributed by atoms with E-state index >= 15 is 0 Å². The number of carbonyl (C=O) groups is 1. The van der Waals surface area contributed by atoms with Crippen LogP contribution in [0.25, 0.3) is 5.52 Å². The first-order valence-corrected chi connectivity index (χ1v) is 6.39. The Labute approximate surface area is 116 Å². The van der Waals surface area contributed by atoms with Crippen molar-refractivity contribution in [1.82, 2.24) is 9.38 Å². The van der Waals surface area contributed by atoms with Gasteiger partial charge in [0.25, 0.3) is 0 Å². The van der Waals surface area contributed by atoms with Gasteiger partial charge in [-0.2, -0.15) is 0 Å². The number of hydrogen-bond acceptors (Lipinski definition) is 2. The summed E-state index contributed by atoms with van der Waals surface area (Å²) in [4.78, 5) is 15.5. The smallest absolute Gasteiger partial charge is 0.337 e. The molecule has 0 fully saturated rings. The van der Waals surface area contributed by atoms with Crippen LogP contribution in [-0.2, 0) is 6.42 Å². The molecule has 4 heteroatoms. The molecule has 0 unspecified atom stereocenters. The van der Waals surface area contributed by atoms with Gasteiger partial charge in [-0.05, 0) is 24.6 Å². The first-order chi connectivity index (χ1) is 9.65. The van der Waals surface area contributed by atoms with E-state index in [1.54, 1.807) is 18.3 Å². The lowest BCUT2D eigenvalue weighted by atomic mass is 10.1. The van der Waals surface area contributed by atoms with Gasteiger partial charge in [-0.3, -0.25) is 0 Å². The molecular formula is C16H14N2O2. The fourth-order valence-electron chi connectivity index (χ4n) is 2.39. The third-order valence-corrected chi connectivity index (χ3v) is 3.32. The molecule has 3 aromatic rings. The molecule has 100 valence electrons. The van der Waals surface area contributed by atoms with Crippen LogP contribution in [0.4, 0.5) is 0 Å². The van der Waals surface area contributed by atoms with E-state index in [1.807, 2.05) is 16.7 Å². The van der Waals surface area contributed by atoms with E-state index in [0.717, 1.165) is 5.82 Å². The van der Waals surface area contributed by atoms with Crippen LogP contribution in [-0.4, -0.2) is 20.5 Å². The normalized spacial score (nSPS) is 10.8. The second kappa shape index (κ2) is 4.81. The zero-order valence-electron chi connectivity index (χ0n) is 11.1. The lowest BCUT2D eigenvalue weighted by Gasteiger charge is -2.04. The summed E-state index contributed by atoms with van der Waals surface area (Å²) in [5.41, 5.74) is 3.27. The Morgan fingerprint density at radius 2 is 2.15 bits per heavy atom. The number of carboxylic acid groups (broad SMARTS) is 1. The Bertz CT molecular complexity index is 790. The molecule has 1 N–H and O–H groups in total. The minimum Gasteiger partial charge on any atom is -0.478 e. The van der Waals surface area contributed by atoms with E-state index in [2.05, 4.69) is 30.1 Å². The summed E-state index contributed by atoms with van der Waals surface area (Å²) in [6.45, 7) is 2.05. The molecule has 2 heterocycles. The standard InChI is InChI=1S/C16H14N2O2/c1-11-4-2-5-12(8-11)9-15-17-10-14-13(16(19)20)6-3-7-18(14)15/h2-8,10H,9H2,1H3,(H,19,20). The van der Waals surface area contributed by atoms with Crippen molar-refractivity contribution >= 4 is 11.5 Å². The summed E-state index contributed by atoms with van der Waals surface area (Å²) in [6, 6.07) is 11.6. The highest BCUT2D eigenvalue weighted by Crippen LogP contribution is 2.16. The Morgan fingerprint density at radius 3 is 2.90 bits per heavy atom. The molecule has 0 aliphatic heterocycles. The second-order valence-electron chi connectivity index (χ2n) is 4.82. The van der Waals surface area contributed by atoms with Gasteiger partial charge in [0.2, 0.25) is 0 Å². The summed E-state index contributed by atoms with van der Waals surface area (Å²) >= 11 is 0. The SMILES string of the molecule is Cc1cccc(Cc2ncc3c(C(=O)O)cccn23)c1. The number of benzene rings is 1. The van der Waals surface area contributed by atoms with E-state index in [0.29, 0.717) is 11.9 Å². The molecule has 0 spiro atoms. The fraction of sp³-hybridized carbons (Fsp3) is 0.125. The van der Waals surface area contributed by atoms with Crippen molar-refractivity contribution in [2.24, 2.45) is 0 Å². The minimum absolute atomic E-state index is 0.274. The maximum Gasteiger partial charge on any atom is 0.337 e. The predicted molar refractivity (Wildman–Crippen MR) is 76.1 cm³/mol. The molecule has 0 saturated carbocycles. The van der Waals surface area contributed by atoms with E-state index in [-0.39, 0.29) is 5.56 Å². The molecule has 0 aliphatic rings. The van der Waals surface area contributed by atoms with Gasteiger partial charge < -0.3 is 9.51 Å². The van der Waals surface area contributed by atoms with Crippen LogP contribution >= 0.6 is 0 Å². The summed E-state index contributed by atoms with van der Waals surface area (Å²) in [5, 5.41) is 9.18. The molecule has 1 aromatic carbocycles. The molecule has 20 heavy (non-hydrogen) atoms. The van der Waals surface area contributed by atoms with Crippen molar-refractivity contribution in [3.05, 3.63) is 71.3 Å². The fourth-order valence-corrected chi connectivity index (χ4v) is 2.39. The Morgan fingerprint density at radius 1 is 1.30 bits per heavy atom. The van der Waals surface area contributed by atoms with Crippen LogP contribution in [0.15, 0.2) is 48.8 Å². The van der Waals surface area contributed by atoms with Crippen LogP contribution in [0.5, 0.6) is 0 Å². The van der Waals surface area contributed by atoms with Crippen molar-refractivity contribution < 1.29 is 9.90 Å². The molecule has 0 aliphatic carbocycles. The molecule has 0 bridgehead atoms. The van der Waals surface area contributed by atoms with Crippen molar-refractivity contribution in [2.45, 2.75) is 13.3 Å². The number of fused-ring (bicyclic) bond motifs is 1. The quantitative estimate of drug-likeness (QED) is 0.793. The third kappa shape index (κ3) is 2.16. The summed E-state index contributed by atoms with van der Waals surface area (Å²) in [5.74, 6) is -0.0914. The van der Waals surface area contributed by atoms with Crippen LogP contribution in [0, 0.1) is 6.92 Å². The van der Waals surface area contributed by atoms with E-state index in [9.17, 15) is 9.90 Å². The largest absolute Gasteiger partial charge is 0.478 e. The van der Waals surface area contributed by atoms with Gasteiger partial charge in [-0.15, -0.1) is 0 Å². The minimum atomic E-state index is -0.933. The summed E-state index contributed by atoms with van der Waals surface area (Å²) in [6.07, 6.45) is 4.15. The van der Waals surface area contributed by atoms with Gasteiger partial charge >= 0.3 is 5.97 Å². The van der Waals surface area contributed by atoms with Gasteiger partial charge in [-0.25, -0.2) is 9.78 Å². The lowest BCUT2D eigenvalue weighted by molar-refractivity contribution is 0.0698. The van der Waals surface area contributed by atoms with Gasteiger partial charge in [0.05, 0.1) is 17.3 Å². The molecule has 3 rings (SSSR count). The van der Waals surface area contributed by atoms with Gasteiger partial charge in [-0.1, -0.05) is 29.8 Å². The predicted octanol–water partition coefficient (Wildman–Crippen LogP) is 2.93. The lowest BCUT2D eigenvalue weighted by Crippen LogP contribution is -2.01. The molecule has 4 nitrogen and oxygen atoms in total. The molecule has 2 aromatic heterocycles. The van der Waals surface area contributed by atoms with Gasteiger partial charge in [0, 0.05) is 12.6 Å². The monoisotopic (exact) mass is 266 g/mol. The summed E-state index contributed by atoms with van der Waals surface area (Å²) in [7, 11) is 0. The Hall–Kier alpha value is -2.62. The van der Waals surface area contributed by atoms with Crippen LogP contribution in [0.3, 0.4) is 0 Å². The first kappa shape index (κ1) is 12.4. The highest BCUT2D eigenvalue weighted by molar-refractivity contribution is 5.95. The average molecular weight is 266 g/mol. The summed E-state index contributed by atoms with van der Waals surface area (Å²) < 4.78 is 1.84. The van der Waals surface area contributed by atoms with Crippen LogP contribution < -0.4 is 0 Å². The number of aryl methyl sites for hydroxylation is 1. The molecule has 0 amide bonds. The first-order valence-electron chi connectivity index (χ1n) is 6.39. The van der Waals surface area contributed by atoms with E-state index in [4.69, 9.17) is 0 Å². The number of aromatic nitrogens is 2. The van der Waals surface area contributed by atoms with E-state index < -0.39 is 5.97 Å². The van der Waals surface area contributed by atoms with Gasteiger partial charge in [0.15, 0.2) is 0 Å². The average Bonchev–Trinajstić information content (AvgIpc) is 2.82. The topological polar surface area (TPSA) is 54.6 Å². The number of imidazole rings is 1. The Kier molecular flexibility index (Phi) is 2.99. The van der Waals surface area contributed by atoms with Crippen molar-refractivity contribution in [2.75, 3.05) is 0 Å². The molecule has 0 atom stereocenters. The number of rotatable bonds is 3. The number of pyridine rings is 1. The highest BCUT2D eigenvalue weighted by Gasteiger charge is 2.12. The zero-order valence-corrected chi connectivity index (χ0v) is 11.1. The Balaban J connectivity index is 2.05.